The number of allylic oxidation sites excluding steroid dienone is 6. The number of carbonyl (C=O) groups excluding carboxylic acids is 3. The standard InChI is InChI=1S/C62H114O6/c1-4-7-10-13-16-19-22-25-28-31-34-37-40-43-46-49-52-55-61(64)67-58-59(57-66-60(63)54-51-48-45-42-39-36-33-30-27-24-21-18-15-12-9-6-3)68-62(65)56-53-50-47-44-41-38-35-32-29-26-23-20-17-14-11-8-5-2/h25,28,34,37,43,46,59H,4-24,26-27,29-33,35-36,38-42,44-45,47-58H2,1-3H3/b28-25-,37-34-,46-43-. The molecule has 0 aromatic heterocycles. The number of hydrogen-bond donors (Lipinski definition) is 0. The van der Waals surface area contributed by atoms with Gasteiger partial charge in [0.2, 0.25) is 0 Å². The minimum absolute atomic E-state index is 0.0824. The first kappa shape index (κ1) is 65.6. The van der Waals surface area contributed by atoms with Crippen molar-refractivity contribution in [3.8, 4) is 0 Å². The van der Waals surface area contributed by atoms with Crippen molar-refractivity contribution in [2.45, 2.75) is 329 Å². The molecule has 0 amide bonds. The van der Waals surface area contributed by atoms with E-state index in [9.17, 15) is 14.4 Å². The van der Waals surface area contributed by atoms with E-state index in [1.807, 2.05) is 0 Å². The van der Waals surface area contributed by atoms with Crippen LogP contribution in [0.4, 0.5) is 0 Å². The molecule has 0 saturated heterocycles. The van der Waals surface area contributed by atoms with Gasteiger partial charge in [-0.05, 0) is 51.4 Å². The van der Waals surface area contributed by atoms with Gasteiger partial charge in [-0.2, -0.15) is 0 Å². The van der Waals surface area contributed by atoms with E-state index in [1.165, 1.54) is 218 Å². The first-order valence-electron chi connectivity index (χ1n) is 30.0. The third kappa shape index (κ3) is 54.6. The van der Waals surface area contributed by atoms with Gasteiger partial charge in [0.15, 0.2) is 6.10 Å². The van der Waals surface area contributed by atoms with Gasteiger partial charge in [-0.15, -0.1) is 0 Å². The maximum atomic E-state index is 12.9. The highest BCUT2D eigenvalue weighted by atomic mass is 16.6. The number of ether oxygens (including phenoxy) is 3. The molecule has 0 saturated carbocycles. The van der Waals surface area contributed by atoms with E-state index in [1.54, 1.807) is 0 Å². The Labute approximate surface area is 423 Å². The van der Waals surface area contributed by atoms with E-state index in [0.717, 1.165) is 57.8 Å². The molecular weight excluding hydrogens is 841 g/mol. The fraction of sp³-hybridized carbons (Fsp3) is 0.855. The van der Waals surface area contributed by atoms with Crippen LogP contribution in [0.3, 0.4) is 0 Å². The Morgan fingerprint density at radius 2 is 0.544 bits per heavy atom. The van der Waals surface area contributed by atoms with Crippen LogP contribution in [0.5, 0.6) is 0 Å². The van der Waals surface area contributed by atoms with Crippen LogP contribution in [-0.4, -0.2) is 37.2 Å². The lowest BCUT2D eigenvalue weighted by Crippen LogP contribution is -2.30. The van der Waals surface area contributed by atoms with Gasteiger partial charge in [-0.3, -0.25) is 14.4 Å². The summed E-state index contributed by atoms with van der Waals surface area (Å²) in [6, 6.07) is 0. The van der Waals surface area contributed by atoms with Crippen molar-refractivity contribution >= 4 is 17.9 Å². The Morgan fingerprint density at radius 1 is 0.294 bits per heavy atom. The summed E-state index contributed by atoms with van der Waals surface area (Å²) in [5.41, 5.74) is 0. The lowest BCUT2D eigenvalue weighted by atomic mass is 10.0. The van der Waals surface area contributed by atoms with E-state index in [0.29, 0.717) is 25.7 Å². The van der Waals surface area contributed by atoms with Crippen molar-refractivity contribution in [3.63, 3.8) is 0 Å². The van der Waals surface area contributed by atoms with Crippen molar-refractivity contribution in [1.29, 1.82) is 0 Å². The van der Waals surface area contributed by atoms with Gasteiger partial charge in [0.1, 0.15) is 13.2 Å². The lowest BCUT2D eigenvalue weighted by molar-refractivity contribution is -0.167. The highest BCUT2D eigenvalue weighted by molar-refractivity contribution is 5.71. The smallest absolute Gasteiger partial charge is 0.306 e. The monoisotopic (exact) mass is 955 g/mol. The van der Waals surface area contributed by atoms with Crippen molar-refractivity contribution in [1.82, 2.24) is 0 Å². The fourth-order valence-corrected chi connectivity index (χ4v) is 8.87. The molecule has 0 heterocycles. The minimum Gasteiger partial charge on any atom is -0.462 e. The SMILES string of the molecule is CCCCCCCC/C=C\C/C=C\C/C=C\CCCC(=O)OCC(COC(=O)CCCCCCCCCCCCCCCCCC)OC(=O)CCCCCCCCCCCCCCCCCCC. The molecule has 0 N–H and O–H groups in total. The second-order valence-corrected chi connectivity index (χ2v) is 20.3. The minimum atomic E-state index is -0.788. The second-order valence-electron chi connectivity index (χ2n) is 20.3. The summed E-state index contributed by atoms with van der Waals surface area (Å²) in [7, 11) is 0. The van der Waals surface area contributed by atoms with E-state index in [2.05, 4.69) is 57.2 Å². The van der Waals surface area contributed by atoms with Gasteiger partial charge in [0.05, 0.1) is 0 Å². The maximum Gasteiger partial charge on any atom is 0.306 e. The summed E-state index contributed by atoms with van der Waals surface area (Å²) in [4.78, 5) is 38.2. The molecule has 0 fully saturated rings. The van der Waals surface area contributed by atoms with Crippen molar-refractivity contribution in [2.24, 2.45) is 0 Å². The normalized spacial score (nSPS) is 12.2. The number of esters is 3. The fourth-order valence-electron chi connectivity index (χ4n) is 8.87. The van der Waals surface area contributed by atoms with Gasteiger partial charge in [0.25, 0.3) is 0 Å². The molecule has 0 aromatic rings. The quantitative estimate of drug-likeness (QED) is 0.0262. The summed E-state index contributed by atoms with van der Waals surface area (Å²) in [5, 5.41) is 0. The molecule has 0 aliphatic rings. The Hall–Kier alpha value is -2.37. The van der Waals surface area contributed by atoms with Gasteiger partial charge in [-0.1, -0.05) is 288 Å². The van der Waals surface area contributed by atoms with Crippen LogP contribution in [0.25, 0.3) is 0 Å². The molecule has 6 heteroatoms. The second kappa shape index (κ2) is 57.2. The Kier molecular flexibility index (Phi) is 55.2. The van der Waals surface area contributed by atoms with Gasteiger partial charge >= 0.3 is 17.9 Å². The van der Waals surface area contributed by atoms with E-state index in [-0.39, 0.29) is 31.1 Å². The third-order valence-corrected chi connectivity index (χ3v) is 13.4. The van der Waals surface area contributed by atoms with Crippen LogP contribution in [0.1, 0.15) is 323 Å². The third-order valence-electron chi connectivity index (χ3n) is 13.4. The average molecular weight is 956 g/mol. The zero-order chi connectivity index (χ0) is 49.3. The number of carbonyl (C=O) groups is 3. The molecular formula is C62H114O6. The molecule has 0 bridgehead atoms. The highest BCUT2D eigenvalue weighted by Gasteiger charge is 2.19. The van der Waals surface area contributed by atoms with Crippen LogP contribution in [-0.2, 0) is 28.6 Å². The molecule has 6 nitrogen and oxygen atoms in total. The number of unbranched alkanes of at least 4 members (excludes halogenated alkanes) is 38. The summed E-state index contributed by atoms with van der Waals surface area (Å²) < 4.78 is 16.9. The average Bonchev–Trinajstić information content (AvgIpc) is 3.34. The molecule has 0 aliphatic carbocycles. The Bertz CT molecular complexity index is 1140. The lowest BCUT2D eigenvalue weighted by Gasteiger charge is -2.18. The molecule has 68 heavy (non-hydrogen) atoms. The molecule has 398 valence electrons. The van der Waals surface area contributed by atoms with Gasteiger partial charge < -0.3 is 14.2 Å². The molecule has 1 unspecified atom stereocenters. The maximum absolute atomic E-state index is 12.9. The first-order valence-corrected chi connectivity index (χ1v) is 30.0. The largest absolute Gasteiger partial charge is 0.462 e. The van der Waals surface area contributed by atoms with Crippen molar-refractivity contribution < 1.29 is 28.6 Å². The summed E-state index contributed by atoms with van der Waals surface area (Å²) in [5.74, 6) is -0.915. The van der Waals surface area contributed by atoms with E-state index < -0.39 is 6.10 Å². The van der Waals surface area contributed by atoms with Crippen LogP contribution < -0.4 is 0 Å². The summed E-state index contributed by atoms with van der Waals surface area (Å²) in [6.07, 6.45) is 68.6. The topological polar surface area (TPSA) is 78.9 Å². The zero-order valence-electron chi connectivity index (χ0n) is 45.6. The number of hydrogen-bond acceptors (Lipinski definition) is 6. The predicted octanol–water partition coefficient (Wildman–Crippen LogP) is 20.0. The van der Waals surface area contributed by atoms with Gasteiger partial charge in [0, 0.05) is 19.3 Å². The van der Waals surface area contributed by atoms with Crippen molar-refractivity contribution in [3.05, 3.63) is 36.5 Å². The van der Waals surface area contributed by atoms with E-state index >= 15 is 0 Å². The first-order chi connectivity index (χ1) is 33.5. The molecule has 0 aromatic carbocycles. The number of rotatable bonds is 55. The van der Waals surface area contributed by atoms with Crippen LogP contribution in [0.15, 0.2) is 36.5 Å². The van der Waals surface area contributed by atoms with E-state index in [4.69, 9.17) is 14.2 Å². The summed E-state index contributed by atoms with van der Waals surface area (Å²) in [6.45, 7) is 6.64. The van der Waals surface area contributed by atoms with Gasteiger partial charge in [-0.25, -0.2) is 0 Å². The molecule has 0 aliphatic heterocycles. The Morgan fingerprint density at radius 3 is 0.882 bits per heavy atom. The molecule has 1 atom stereocenters. The zero-order valence-corrected chi connectivity index (χ0v) is 45.6. The molecule has 0 radical (unpaired) electrons. The summed E-state index contributed by atoms with van der Waals surface area (Å²) >= 11 is 0. The van der Waals surface area contributed by atoms with Crippen LogP contribution in [0, 0.1) is 0 Å². The van der Waals surface area contributed by atoms with Crippen LogP contribution in [0.2, 0.25) is 0 Å². The Balaban J connectivity index is 4.40. The van der Waals surface area contributed by atoms with Crippen molar-refractivity contribution in [2.75, 3.05) is 13.2 Å². The predicted molar refractivity (Wildman–Crippen MR) is 293 cm³/mol. The molecule has 0 spiro atoms. The molecule has 0 rings (SSSR count). The van der Waals surface area contributed by atoms with Crippen LogP contribution >= 0.6 is 0 Å². The highest BCUT2D eigenvalue weighted by Crippen LogP contribution is 2.17.